The molecule has 3 heterocycles. The molecule has 0 saturated carbocycles. The van der Waals surface area contributed by atoms with E-state index >= 15 is 0 Å². The first-order valence-electron chi connectivity index (χ1n) is 13.4. The zero-order valence-electron chi connectivity index (χ0n) is 24.1. The van der Waals surface area contributed by atoms with E-state index in [-0.39, 0.29) is 35.9 Å². The number of amides is 2. The van der Waals surface area contributed by atoms with Crippen molar-refractivity contribution in [3.63, 3.8) is 0 Å². The number of fused-ring (bicyclic) bond motifs is 1. The molecule has 42 heavy (non-hydrogen) atoms. The first-order chi connectivity index (χ1) is 20.1. The average molecular weight is 609 g/mol. The van der Waals surface area contributed by atoms with Crippen molar-refractivity contribution in [2.75, 3.05) is 31.4 Å². The lowest BCUT2D eigenvalue weighted by Crippen LogP contribution is -2.42. The van der Waals surface area contributed by atoms with Crippen molar-refractivity contribution in [3.05, 3.63) is 88.5 Å². The van der Waals surface area contributed by atoms with E-state index < -0.39 is 5.41 Å². The molecule has 0 aliphatic carbocycles. The number of hydrogen-bond donors (Lipinski definition) is 1. The normalized spacial score (nSPS) is 15.2. The molecule has 0 bridgehead atoms. The molecule has 0 radical (unpaired) electrons. The molecule has 0 unspecified atom stereocenters. The van der Waals surface area contributed by atoms with E-state index in [2.05, 4.69) is 26.1 Å². The molecule has 9 nitrogen and oxygen atoms in total. The van der Waals surface area contributed by atoms with Crippen LogP contribution in [-0.2, 0) is 21.5 Å². The second kappa shape index (κ2) is 12.1. The van der Waals surface area contributed by atoms with Crippen LogP contribution in [0.25, 0.3) is 5.69 Å². The SMILES string of the molecule is COc1ccc(OC)c([C@H]2SCC(=O)N(CC(=O)NCc3ccco3)c3c2c(C(C)(C)C)nn3-c2ccccc2Cl)c1. The van der Waals surface area contributed by atoms with Crippen LogP contribution in [0, 0.1) is 0 Å². The molecule has 5 rings (SSSR count). The molecular formula is C31H33ClN4O5S. The maximum atomic E-state index is 13.9. The van der Waals surface area contributed by atoms with Crippen LogP contribution in [0.2, 0.25) is 5.02 Å². The Hall–Kier alpha value is -3.89. The topological polar surface area (TPSA) is 98.8 Å². The fourth-order valence-corrected chi connectivity index (χ4v) is 6.38. The van der Waals surface area contributed by atoms with Crippen LogP contribution < -0.4 is 19.7 Å². The van der Waals surface area contributed by atoms with Gasteiger partial charge in [-0.25, -0.2) is 4.68 Å². The van der Waals surface area contributed by atoms with Gasteiger partial charge in [-0.2, -0.15) is 5.10 Å². The minimum atomic E-state index is -0.428. The number of furan rings is 1. The van der Waals surface area contributed by atoms with Crippen molar-refractivity contribution < 1.29 is 23.5 Å². The number of hydrogen-bond acceptors (Lipinski definition) is 7. The molecule has 0 spiro atoms. The summed E-state index contributed by atoms with van der Waals surface area (Å²) in [5, 5.41) is 8.05. The van der Waals surface area contributed by atoms with Gasteiger partial charge in [0.05, 0.1) is 54.4 Å². The highest BCUT2D eigenvalue weighted by molar-refractivity contribution is 8.00. The maximum absolute atomic E-state index is 13.9. The molecular weight excluding hydrogens is 576 g/mol. The second-order valence-electron chi connectivity index (χ2n) is 10.8. The molecule has 2 aromatic carbocycles. The molecule has 0 fully saturated rings. The van der Waals surface area contributed by atoms with Crippen molar-refractivity contribution >= 4 is 41.0 Å². The summed E-state index contributed by atoms with van der Waals surface area (Å²) in [7, 11) is 3.23. The summed E-state index contributed by atoms with van der Waals surface area (Å²) in [4.78, 5) is 28.7. The molecule has 220 valence electrons. The fraction of sp³-hybridized carbons (Fsp3) is 0.323. The monoisotopic (exact) mass is 608 g/mol. The summed E-state index contributed by atoms with van der Waals surface area (Å²) < 4.78 is 18.4. The van der Waals surface area contributed by atoms with E-state index in [9.17, 15) is 9.59 Å². The Morgan fingerprint density at radius 1 is 1.14 bits per heavy atom. The quantitative estimate of drug-likeness (QED) is 0.265. The Kier molecular flexibility index (Phi) is 8.56. The fourth-order valence-electron chi connectivity index (χ4n) is 4.95. The van der Waals surface area contributed by atoms with Crippen LogP contribution >= 0.6 is 23.4 Å². The van der Waals surface area contributed by atoms with Gasteiger partial charge < -0.3 is 19.2 Å². The van der Waals surface area contributed by atoms with Crippen LogP contribution in [0.5, 0.6) is 11.5 Å². The van der Waals surface area contributed by atoms with Crippen LogP contribution in [0.3, 0.4) is 0 Å². The number of nitrogens with zero attached hydrogens (tertiary/aromatic N) is 3. The molecule has 1 N–H and O–H groups in total. The molecule has 2 amide bonds. The van der Waals surface area contributed by atoms with Gasteiger partial charge in [-0.3, -0.25) is 14.5 Å². The Morgan fingerprint density at radius 3 is 2.60 bits per heavy atom. The number of methoxy groups -OCH3 is 2. The lowest BCUT2D eigenvalue weighted by atomic mass is 9.87. The number of benzene rings is 2. The third-order valence-corrected chi connectivity index (χ3v) is 8.50. The van der Waals surface area contributed by atoms with Gasteiger partial charge in [0.25, 0.3) is 0 Å². The second-order valence-corrected chi connectivity index (χ2v) is 12.3. The van der Waals surface area contributed by atoms with Crippen molar-refractivity contribution in [1.82, 2.24) is 15.1 Å². The molecule has 2 aromatic heterocycles. The van der Waals surface area contributed by atoms with Crippen molar-refractivity contribution in [2.24, 2.45) is 0 Å². The molecule has 1 aliphatic heterocycles. The van der Waals surface area contributed by atoms with E-state index in [1.54, 1.807) is 43.4 Å². The molecule has 4 aromatic rings. The smallest absolute Gasteiger partial charge is 0.240 e. The van der Waals surface area contributed by atoms with Gasteiger partial charge in [0.1, 0.15) is 29.6 Å². The predicted octanol–water partition coefficient (Wildman–Crippen LogP) is 5.92. The minimum absolute atomic E-state index is 0.122. The predicted molar refractivity (Wildman–Crippen MR) is 164 cm³/mol. The van der Waals surface area contributed by atoms with E-state index in [1.807, 2.05) is 36.4 Å². The lowest BCUT2D eigenvalue weighted by Gasteiger charge is -2.25. The summed E-state index contributed by atoms with van der Waals surface area (Å²) >= 11 is 8.17. The van der Waals surface area contributed by atoms with E-state index in [0.29, 0.717) is 33.8 Å². The number of halogens is 1. The van der Waals surface area contributed by atoms with Crippen LogP contribution in [0.4, 0.5) is 5.82 Å². The summed E-state index contributed by atoms with van der Waals surface area (Å²) in [5.74, 6) is 1.98. The number of thioether (sulfide) groups is 1. The van der Waals surface area contributed by atoms with Gasteiger partial charge in [0.2, 0.25) is 11.8 Å². The van der Waals surface area contributed by atoms with Crippen molar-refractivity contribution in [1.29, 1.82) is 0 Å². The average Bonchev–Trinajstić information content (AvgIpc) is 3.61. The van der Waals surface area contributed by atoms with Crippen molar-refractivity contribution in [2.45, 2.75) is 38.0 Å². The summed E-state index contributed by atoms with van der Waals surface area (Å²) in [5.41, 5.74) is 2.59. The van der Waals surface area contributed by atoms with E-state index in [1.165, 1.54) is 16.7 Å². The van der Waals surface area contributed by atoms with Gasteiger partial charge in [-0.05, 0) is 42.5 Å². The highest BCUT2D eigenvalue weighted by Crippen LogP contribution is 2.51. The Balaban J connectivity index is 1.73. The maximum Gasteiger partial charge on any atom is 0.240 e. The summed E-state index contributed by atoms with van der Waals surface area (Å²) in [6.07, 6.45) is 1.55. The number of para-hydroxylation sites is 1. The van der Waals surface area contributed by atoms with Gasteiger partial charge in [0.15, 0.2) is 0 Å². The lowest BCUT2D eigenvalue weighted by molar-refractivity contribution is -0.123. The Bertz CT molecular complexity index is 1600. The largest absolute Gasteiger partial charge is 0.497 e. The van der Waals surface area contributed by atoms with Crippen LogP contribution in [-0.4, -0.2) is 48.1 Å². The third-order valence-electron chi connectivity index (χ3n) is 6.94. The standard InChI is InChI=1S/C31H33ClN4O5S/c1-31(2,3)29-27-28(21-15-19(39-4)12-13-24(21)40-5)42-18-26(38)35(17-25(37)33-16-20-9-8-14-41-20)30(27)36(34-29)23-11-7-6-10-22(23)32/h6-15,28H,16-18H2,1-5H3,(H,33,37)/t28-/m1/s1. The Labute approximate surface area is 254 Å². The highest BCUT2D eigenvalue weighted by Gasteiger charge is 2.41. The first kappa shape index (κ1) is 29.6. The number of aromatic nitrogens is 2. The summed E-state index contributed by atoms with van der Waals surface area (Å²) in [6.45, 7) is 6.21. The number of anilines is 1. The number of rotatable bonds is 8. The van der Waals surface area contributed by atoms with Crippen LogP contribution in [0.1, 0.15) is 48.6 Å². The molecule has 0 saturated heterocycles. The third kappa shape index (κ3) is 5.87. The Morgan fingerprint density at radius 2 is 1.93 bits per heavy atom. The minimum Gasteiger partial charge on any atom is -0.497 e. The number of carbonyl (C=O) groups excluding carboxylic acids is 2. The van der Waals surface area contributed by atoms with Crippen LogP contribution in [0.15, 0.2) is 65.3 Å². The zero-order chi connectivity index (χ0) is 30.0. The van der Waals surface area contributed by atoms with E-state index in [0.717, 1.165) is 16.8 Å². The summed E-state index contributed by atoms with van der Waals surface area (Å²) in [6, 6.07) is 16.5. The van der Waals surface area contributed by atoms with Crippen molar-refractivity contribution in [3.8, 4) is 17.2 Å². The van der Waals surface area contributed by atoms with Gasteiger partial charge in [-0.1, -0.05) is 44.5 Å². The molecule has 11 heteroatoms. The molecule has 1 aliphatic rings. The van der Waals surface area contributed by atoms with Gasteiger partial charge >= 0.3 is 0 Å². The zero-order valence-corrected chi connectivity index (χ0v) is 25.7. The number of carbonyl (C=O) groups is 2. The molecule has 1 atom stereocenters. The van der Waals surface area contributed by atoms with Gasteiger partial charge in [0, 0.05) is 16.5 Å². The number of nitrogens with one attached hydrogen (secondary N) is 1. The first-order valence-corrected chi connectivity index (χ1v) is 14.9. The number of ether oxygens (including phenoxy) is 2. The van der Waals surface area contributed by atoms with Gasteiger partial charge in [-0.15, -0.1) is 11.8 Å². The highest BCUT2D eigenvalue weighted by atomic mass is 35.5. The van der Waals surface area contributed by atoms with E-state index in [4.69, 9.17) is 30.6 Å².